The number of benzene rings is 1. The maximum Gasteiger partial charge on any atom is 0.125 e. The van der Waals surface area contributed by atoms with E-state index in [1.54, 1.807) is 0 Å². The summed E-state index contributed by atoms with van der Waals surface area (Å²) >= 11 is 0. The Morgan fingerprint density at radius 2 is 1.95 bits per heavy atom. The molecule has 0 saturated heterocycles. The molecule has 3 nitrogen and oxygen atoms in total. The van der Waals surface area contributed by atoms with Gasteiger partial charge in [-0.05, 0) is 32.4 Å². The van der Waals surface area contributed by atoms with Crippen molar-refractivity contribution in [1.29, 1.82) is 0 Å². The topological polar surface area (TPSA) is 32.7 Å². The van der Waals surface area contributed by atoms with Gasteiger partial charge < -0.3 is 9.84 Å². The molecule has 0 spiro atoms. The zero-order chi connectivity index (χ0) is 15.7. The van der Waals surface area contributed by atoms with Gasteiger partial charge >= 0.3 is 0 Å². The van der Waals surface area contributed by atoms with E-state index in [1.807, 2.05) is 44.2 Å². The first kappa shape index (κ1) is 17.5. The van der Waals surface area contributed by atoms with E-state index in [4.69, 9.17) is 4.74 Å². The summed E-state index contributed by atoms with van der Waals surface area (Å²) in [5, 5.41) is 10.5. The number of aliphatic hydroxyl groups is 1. The van der Waals surface area contributed by atoms with Crippen molar-refractivity contribution in [1.82, 2.24) is 4.90 Å². The molecular formula is C18H27NO2. The SMILES string of the molecule is C=CCN(CC=C)CCC(O)c1cc(C)ccc1OCC. The molecule has 0 aliphatic rings. The Labute approximate surface area is 128 Å². The summed E-state index contributed by atoms with van der Waals surface area (Å²) < 4.78 is 5.61. The van der Waals surface area contributed by atoms with Gasteiger partial charge in [0.25, 0.3) is 0 Å². The van der Waals surface area contributed by atoms with Crippen molar-refractivity contribution < 1.29 is 9.84 Å². The lowest BCUT2D eigenvalue weighted by Gasteiger charge is -2.22. The monoisotopic (exact) mass is 289 g/mol. The van der Waals surface area contributed by atoms with Gasteiger partial charge in [0.1, 0.15) is 5.75 Å². The van der Waals surface area contributed by atoms with Crippen LogP contribution in [0.3, 0.4) is 0 Å². The molecule has 1 N–H and O–H groups in total. The van der Waals surface area contributed by atoms with E-state index in [0.29, 0.717) is 13.0 Å². The van der Waals surface area contributed by atoms with Gasteiger partial charge in [0.05, 0.1) is 12.7 Å². The quantitative estimate of drug-likeness (QED) is 0.669. The van der Waals surface area contributed by atoms with Gasteiger partial charge in [-0.2, -0.15) is 0 Å². The fraction of sp³-hybridized carbons (Fsp3) is 0.444. The van der Waals surface area contributed by atoms with Crippen LogP contribution < -0.4 is 4.74 Å². The summed E-state index contributed by atoms with van der Waals surface area (Å²) in [6.45, 7) is 14.5. The second-order valence-corrected chi connectivity index (χ2v) is 5.12. The first-order valence-corrected chi connectivity index (χ1v) is 7.47. The van der Waals surface area contributed by atoms with Crippen LogP contribution in [0.1, 0.15) is 30.6 Å². The summed E-state index contributed by atoms with van der Waals surface area (Å²) in [4.78, 5) is 2.19. The van der Waals surface area contributed by atoms with Crippen LogP contribution in [0, 0.1) is 6.92 Å². The molecule has 1 aromatic rings. The second kappa shape index (κ2) is 9.37. The number of hydrogen-bond donors (Lipinski definition) is 1. The molecule has 0 heterocycles. The fourth-order valence-electron chi connectivity index (χ4n) is 2.30. The van der Waals surface area contributed by atoms with Crippen molar-refractivity contribution >= 4 is 0 Å². The van der Waals surface area contributed by atoms with Crippen LogP contribution in [-0.2, 0) is 0 Å². The molecule has 0 bridgehead atoms. The maximum atomic E-state index is 10.5. The van der Waals surface area contributed by atoms with E-state index in [2.05, 4.69) is 18.1 Å². The van der Waals surface area contributed by atoms with Gasteiger partial charge in [0, 0.05) is 25.2 Å². The Balaban J connectivity index is 2.73. The van der Waals surface area contributed by atoms with Crippen LogP contribution >= 0.6 is 0 Å². The Morgan fingerprint density at radius 1 is 1.29 bits per heavy atom. The van der Waals surface area contributed by atoms with Gasteiger partial charge in [-0.15, -0.1) is 13.2 Å². The van der Waals surface area contributed by atoms with Crippen LogP contribution in [0.15, 0.2) is 43.5 Å². The molecule has 0 radical (unpaired) electrons. The molecule has 1 unspecified atom stereocenters. The van der Waals surface area contributed by atoms with Crippen LogP contribution in [-0.4, -0.2) is 36.2 Å². The van der Waals surface area contributed by atoms with E-state index >= 15 is 0 Å². The van der Waals surface area contributed by atoms with Crippen LogP contribution in [0.25, 0.3) is 0 Å². The predicted octanol–water partition coefficient (Wildman–Crippen LogP) is 3.49. The molecule has 3 heteroatoms. The Bertz CT molecular complexity index is 447. The fourth-order valence-corrected chi connectivity index (χ4v) is 2.30. The third-order valence-corrected chi connectivity index (χ3v) is 3.32. The van der Waals surface area contributed by atoms with Gasteiger partial charge in [-0.3, -0.25) is 4.90 Å². The minimum absolute atomic E-state index is 0.524. The van der Waals surface area contributed by atoms with Crippen molar-refractivity contribution in [2.75, 3.05) is 26.2 Å². The lowest BCUT2D eigenvalue weighted by atomic mass is 10.0. The van der Waals surface area contributed by atoms with E-state index in [9.17, 15) is 5.11 Å². The molecule has 0 saturated carbocycles. The highest BCUT2D eigenvalue weighted by Gasteiger charge is 2.15. The van der Waals surface area contributed by atoms with Crippen LogP contribution in [0.4, 0.5) is 0 Å². The molecule has 1 aromatic carbocycles. The van der Waals surface area contributed by atoms with Crippen molar-refractivity contribution in [3.8, 4) is 5.75 Å². The average Bonchev–Trinajstić information content (AvgIpc) is 2.47. The van der Waals surface area contributed by atoms with Gasteiger partial charge in [0.2, 0.25) is 0 Å². The van der Waals surface area contributed by atoms with Crippen LogP contribution in [0.2, 0.25) is 0 Å². The molecule has 0 fully saturated rings. The zero-order valence-electron chi connectivity index (χ0n) is 13.2. The minimum atomic E-state index is -0.524. The molecule has 0 aliphatic heterocycles. The normalized spacial score (nSPS) is 12.2. The summed E-state index contributed by atoms with van der Waals surface area (Å²) in [5.41, 5.74) is 2.00. The standard InChI is InChI=1S/C18H27NO2/c1-5-11-19(12-6-2)13-10-17(20)16-14-15(4)8-9-18(16)21-7-3/h5-6,8-9,14,17,20H,1-2,7,10-13H2,3-4H3. The highest BCUT2D eigenvalue weighted by Crippen LogP contribution is 2.28. The Hall–Kier alpha value is -1.58. The lowest BCUT2D eigenvalue weighted by molar-refractivity contribution is 0.144. The summed E-state index contributed by atoms with van der Waals surface area (Å²) in [5.74, 6) is 0.773. The van der Waals surface area contributed by atoms with Crippen molar-refractivity contribution in [2.45, 2.75) is 26.4 Å². The van der Waals surface area contributed by atoms with Gasteiger partial charge in [-0.1, -0.05) is 23.8 Å². The van der Waals surface area contributed by atoms with E-state index in [1.165, 1.54) is 0 Å². The number of rotatable bonds is 10. The molecular weight excluding hydrogens is 262 g/mol. The summed E-state index contributed by atoms with van der Waals surface area (Å²) in [6, 6.07) is 5.94. The van der Waals surface area contributed by atoms with Gasteiger partial charge in [0.15, 0.2) is 0 Å². The average molecular weight is 289 g/mol. The van der Waals surface area contributed by atoms with E-state index in [0.717, 1.165) is 36.5 Å². The number of aliphatic hydroxyl groups excluding tert-OH is 1. The largest absolute Gasteiger partial charge is 0.493 e. The highest BCUT2D eigenvalue weighted by atomic mass is 16.5. The van der Waals surface area contributed by atoms with E-state index < -0.39 is 6.10 Å². The Kier molecular flexibility index (Phi) is 7.80. The lowest BCUT2D eigenvalue weighted by Crippen LogP contribution is -2.26. The summed E-state index contributed by atoms with van der Waals surface area (Å²) in [7, 11) is 0. The summed E-state index contributed by atoms with van der Waals surface area (Å²) in [6.07, 6.45) is 3.87. The van der Waals surface area contributed by atoms with Gasteiger partial charge in [-0.25, -0.2) is 0 Å². The zero-order valence-corrected chi connectivity index (χ0v) is 13.2. The molecule has 0 aromatic heterocycles. The molecule has 21 heavy (non-hydrogen) atoms. The molecule has 0 aliphatic carbocycles. The van der Waals surface area contributed by atoms with Crippen molar-refractivity contribution in [3.05, 3.63) is 54.6 Å². The van der Waals surface area contributed by atoms with Crippen LogP contribution in [0.5, 0.6) is 5.75 Å². The number of nitrogens with zero attached hydrogens (tertiary/aromatic N) is 1. The molecule has 116 valence electrons. The first-order chi connectivity index (χ1) is 10.1. The van der Waals surface area contributed by atoms with Crippen molar-refractivity contribution in [3.63, 3.8) is 0 Å². The Morgan fingerprint density at radius 3 is 2.52 bits per heavy atom. The first-order valence-electron chi connectivity index (χ1n) is 7.47. The molecule has 0 amide bonds. The van der Waals surface area contributed by atoms with E-state index in [-0.39, 0.29) is 0 Å². The molecule has 1 rings (SSSR count). The number of aryl methyl sites for hydroxylation is 1. The maximum absolute atomic E-state index is 10.5. The van der Waals surface area contributed by atoms with Crippen molar-refractivity contribution in [2.24, 2.45) is 0 Å². The smallest absolute Gasteiger partial charge is 0.125 e. The highest BCUT2D eigenvalue weighted by molar-refractivity contribution is 5.38. The third-order valence-electron chi connectivity index (χ3n) is 3.32. The number of ether oxygens (including phenoxy) is 1. The molecule has 1 atom stereocenters. The number of hydrogen-bond acceptors (Lipinski definition) is 3. The minimum Gasteiger partial charge on any atom is -0.493 e. The predicted molar refractivity (Wildman–Crippen MR) is 88.8 cm³/mol. The second-order valence-electron chi connectivity index (χ2n) is 5.12. The third kappa shape index (κ3) is 5.74.